The third-order valence-corrected chi connectivity index (χ3v) is 8.49. The van der Waals surface area contributed by atoms with Gasteiger partial charge in [-0.1, -0.05) is 18.2 Å². The van der Waals surface area contributed by atoms with Crippen molar-refractivity contribution in [2.45, 2.75) is 49.2 Å². The number of nitrogens with two attached hydrogens (primary N) is 1. The first kappa shape index (κ1) is 25.1. The number of halogens is 2. The van der Waals surface area contributed by atoms with E-state index in [1.54, 1.807) is 10.7 Å². The number of nitrogen functional groups attached to an aromatic ring is 1. The maximum atomic E-state index is 13.6. The fourth-order valence-corrected chi connectivity index (χ4v) is 6.43. The van der Waals surface area contributed by atoms with Crippen LogP contribution in [-0.4, -0.2) is 78.6 Å². The highest BCUT2D eigenvalue weighted by Gasteiger charge is 2.57. The molecule has 2 aliphatic heterocycles. The van der Waals surface area contributed by atoms with E-state index in [1.807, 2.05) is 41.1 Å². The van der Waals surface area contributed by atoms with Gasteiger partial charge in [0.25, 0.3) is 5.92 Å². The fourth-order valence-electron chi connectivity index (χ4n) is 6.43. The second-order valence-corrected chi connectivity index (χ2v) is 11.1. The van der Waals surface area contributed by atoms with Crippen molar-refractivity contribution in [3.05, 3.63) is 54.5 Å². The van der Waals surface area contributed by atoms with Crippen molar-refractivity contribution in [1.29, 1.82) is 0 Å². The predicted molar refractivity (Wildman–Crippen MR) is 142 cm³/mol. The van der Waals surface area contributed by atoms with Crippen molar-refractivity contribution >= 4 is 17.2 Å². The number of ether oxygens (including phenoxy) is 1. The largest absolute Gasteiger partial charge is 0.393 e. The first-order valence-electron chi connectivity index (χ1n) is 13.5. The van der Waals surface area contributed by atoms with Gasteiger partial charge in [-0.05, 0) is 49.4 Å². The molecule has 1 amide bonds. The minimum Gasteiger partial charge on any atom is -0.393 e. The zero-order valence-electron chi connectivity index (χ0n) is 21.7. The van der Waals surface area contributed by atoms with Crippen LogP contribution in [0.4, 0.5) is 14.6 Å². The number of amides is 1. The molecule has 0 bridgehead atoms. The number of aliphatic hydroxyl groups excluding tert-OH is 1. The van der Waals surface area contributed by atoms with Crippen molar-refractivity contribution < 1.29 is 23.4 Å². The highest BCUT2D eigenvalue weighted by molar-refractivity contribution is 5.93. The van der Waals surface area contributed by atoms with Crippen molar-refractivity contribution in [1.82, 2.24) is 29.3 Å². The van der Waals surface area contributed by atoms with Crippen LogP contribution < -0.4 is 5.73 Å². The number of rotatable bonds is 5. The van der Waals surface area contributed by atoms with Gasteiger partial charge in [-0.25, -0.2) is 18.3 Å². The molecule has 12 heteroatoms. The molecule has 0 radical (unpaired) electrons. The van der Waals surface area contributed by atoms with E-state index in [1.165, 1.54) is 11.2 Å². The molecule has 10 nitrogen and oxygen atoms in total. The summed E-state index contributed by atoms with van der Waals surface area (Å²) in [4.78, 5) is 18.9. The van der Waals surface area contributed by atoms with Gasteiger partial charge in [-0.3, -0.25) is 9.48 Å². The molecule has 40 heavy (non-hydrogen) atoms. The van der Waals surface area contributed by atoms with Crippen molar-refractivity contribution in [3.8, 4) is 22.5 Å². The number of likely N-dealkylation sites (tertiary alicyclic amines) is 1. The van der Waals surface area contributed by atoms with Crippen LogP contribution in [0.1, 0.15) is 37.3 Å². The zero-order chi connectivity index (χ0) is 27.6. The molecule has 1 saturated carbocycles. The first-order valence-corrected chi connectivity index (χ1v) is 13.5. The monoisotopic (exact) mass is 549 g/mol. The standard InChI is InChI=1S/C28H29F2N7O3/c29-28(30)14-35(15-28)26(39)27(12-20(38)13-27)18-3-1-2-17(10-18)23-11-21(24-25(31)32-16-34-37(23)24)22-4-7-33-36(22)19-5-8-40-9-6-19/h1-4,7,10-11,16,19-20,38H,5-6,8-9,12-15H2,(H2,31,32,34). The van der Waals surface area contributed by atoms with E-state index in [9.17, 15) is 18.7 Å². The topological polar surface area (TPSA) is 124 Å². The lowest BCUT2D eigenvalue weighted by atomic mass is 9.61. The quantitative estimate of drug-likeness (QED) is 0.392. The lowest BCUT2D eigenvalue weighted by molar-refractivity contribution is -0.178. The van der Waals surface area contributed by atoms with E-state index in [0.29, 0.717) is 30.1 Å². The zero-order valence-corrected chi connectivity index (χ0v) is 21.7. The number of alkyl halides is 2. The van der Waals surface area contributed by atoms with E-state index >= 15 is 0 Å². The van der Waals surface area contributed by atoms with Crippen LogP contribution in [0.15, 0.2) is 48.9 Å². The predicted octanol–water partition coefficient (Wildman–Crippen LogP) is 3.06. The van der Waals surface area contributed by atoms with Gasteiger partial charge < -0.3 is 20.5 Å². The van der Waals surface area contributed by atoms with Gasteiger partial charge in [0.15, 0.2) is 5.82 Å². The summed E-state index contributed by atoms with van der Waals surface area (Å²) in [7, 11) is 0. The Morgan fingerprint density at radius 1 is 1.07 bits per heavy atom. The number of anilines is 1. The SMILES string of the molecule is Nc1ncnn2c(-c3cccc(C4(C(=O)N5CC(F)(F)C5)CC(O)C4)c3)cc(-c3ccnn3C3CCOCC3)c12. The molecule has 7 rings (SSSR count). The Morgan fingerprint density at radius 2 is 1.85 bits per heavy atom. The van der Waals surface area contributed by atoms with Gasteiger partial charge in [-0.2, -0.15) is 10.2 Å². The Bertz CT molecular complexity index is 1600. The highest BCUT2D eigenvalue weighted by atomic mass is 19.3. The number of fused-ring (bicyclic) bond motifs is 1. The summed E-state index contributed by atoms with van der Waals surface area (Å²) in [5, 5.41) is 19.3. The molecular weight excluding hydrogens is 520 g/mol. The molecule has 3 aromatic heterocycles. The number of aromatic nitrogens is 5. The van der Waals surface area contributed by atoms with Gasteiger partial charge in [0.2, 0.25) is 5.91 Å². The van der Waals surface area contributed by atoms with Gasteiger partial charge >= 0.3 is 0 Å². The Kier molecular flexibility index (Phi) is 5.69. The average Bonchev–Trinajstić information content (AvgIpc) is 3.56. The van der Waals surface area contributed by atoms with Crippen molar-refractivity contribution in [2.75, 3.05) is 32.0 Å². The molecule has 1 aliphatic carbocycles. The number of carbonyl (C=O) groups is 1. The molecule has 0 atom stereocenters. The smallest absolute Gasteiger partial charge is 0.282 e. The molecule has 5 heterocycles. The van der Waals surface area contributed by atoms with E-state index < -0.39 is 30.5 Å². The van der Waals surface area contributed by atoms with Crippen LogP contribution in [0.2, 0.25) is 0 Å². The number of nitrogens with zero attached hydrogens (tertiary/aromatic N) is 6. The molecule has 3 fully saturated rings. The van der Waals surface area contributed by atoms with Crippen molar-refractivity contribution in [2.24, 2.45) is 0 Å². The summed E-state index contributed by atoms with van der Waals surface area (Å²) in [6.07, 6.45) is 4.59. The Morgan fingerprint density at radius 3 is 2.58 bits per heavy atom. The Labute approximate surface area is 228 Å². The van der Waals surface area contributed by atoms with E-state index in [0.717, 1.165) is 35.4 Å². The Balaban J connectivity index is 1.31. The number of carbonyl (C=O) groups excluding carboxylic acids is 1. The first-order chi connectivity index (χ1) is 19.3. The minimum absolute atomic E-state index is 0.191. The Hall–Kier alpha value is -3.90. The van der Waals surface area contributed by atoms with Crippen molar-refractivity contribution in [3.63, 3.8) is 0 Å². The van der Waals surface area contributed by atoms with Crippen LogP contribution >= 0.6 is 0 Å². The van der Waals surface area contributed by atoms with Crippen LogP contribution in [0, 0.1) is 0 Å². The normalized spacial score (nSPS) is 24.6. The van der Waals surface area contributed by atoms with Crippen LogP contribution in [0.3, 0.4) is 0 Å². The maximum Gasteiger partial charge on any atom is 0.282 e. The minimum atomic E-state index is -2.86. The van der Waals surface area contributed by atoms with Crippen LogP contribution in [0.5, 0.6) is 0 Å². The van der Waals surface area contributed by atoms with Crippen LogP contribution in [0.25, 0.3) is 28.0 Å². The summed E-state index contributed by atoms with van der Waals surface area (Å²) in [6, 6.07) is 11.6. The summed E-state index contributed by atoms with van der Waals surface area (Å²) < 4.78 is 36.5. The van der Waals surface area contributed by atoms with E-state index in [2.05, 4.69) is 15.2 Å². The number of aliphatic hydroxyl groups is 1. The summed E-state index contributed by atoms with van der Waals surface area (Å²) in [5.41, 5.74) is 9.89. The molecule has 208 valence electrons. The molecule has 3 N–H and O–H groups in total. The van der Waals surface area contributed by atoms with Gasteiger partial charge in [-0.15, -0.1) is 0 Å². The number of benzene rings is 1. The lowest BCUT2D eigenvalue weighted by Crippen LogP contribution is -2.65. The second kappa shape index (κ2) is 9.07. The average molecular weight is 550 g/mol. The summed E-state index contributed by atoms with van der Waals surface area (Å²) >= 11 is 0. The summed E-state index contributed by atoms with van der Waals surface area (Å²) in [6.45, 7) is 0.169. The third kappa shape index (κ3) is 3.88. The maximum absolute atomic E-state index is 13.6. The van der Waals surface area contributed by atoms with Crippen LogP contribution in [-0.2, 0) is 14.9 Å². The van der Waals surface area contributed by atoms with E-state index in [-0.39, 0.29) is 24.8 Å². The molecule has 0 unspecified atom stereocenters. The molecule has 1 aromatic carbocycles. The fraction of sp³-hybridized carbons (Fsp3) is 0.429. The number of hydrogen-bond acceptors (Lipinski definition) is 7. The van der Waals surface area contributed by atoms with Gasteiger partial charge in [0.05, 0.1) is 42.0 Å². The highest BCUT2D eigenvalue weighted by Crippen LogP contribution is 2.48. The summed E-state index contributed by atoms with van der Waals surface area (Å²) in [5.74, 6) is -2.91. The molecule has 0 spiro atoms. The third-order valence-electron chi connectivity index (χ3n) is 8.49. The number of hydrogen-bond donors (Lipinski definition) is 2. The molecule has 2 saturated heterocycles. The lowest BCUT2D eigenvalue weighted by Gasteiger charge is -2.50. The molecule has 4 aromatic rings. The molecular formula is C28H29F2N7O3. The second-order valence-electron chi connectivity index (χ2n) is 11.1. The van der Waals surface area contributed by atoms with Gasteiger partial charge in [0, 0.05) is 30.5 Å². The molecule has 3 aliphatic rings. The van der Waals surface area contributed by atoms with E-state index in [4.69, 9.17) is 10.5 Å². The van der Waals surface area contributed by atoms with Gasteiger partial charge in [0.1, 0.15) is 11.8 Å².